The zero-order chi connectivity index (χ0) is 18.5. The minimum absolute atomic E-state index is 0.0194. The quantitative estimate of drug-likeness (QED) is 0.216. The number of oxazole rings is 1. The van der Waals surface area contributed by atoms with Crippen molar-refractivity contribution >= 4 is 17.0 Å². The highest BCUT2D eigenvalue weighted by Gasteiger charge is 2.14. The summed E-state index contributed by atoms with van der Waals surface area (Å²) in [6, 6.07) is 3.56. The van der Waals surface area contributed by atoms with Gasteiger partial charge in [0.25, 0.3) is 5.89 Å². The second-order valence-corrected chi connectivity index (χ2v) is 6.89. The molecular weight excluding hydrogens is 324 g/mol. The predicted octanol–water partition coefficient (Wildman–Crippen LogP) is 6.66. The Morgan fingerprint density at radius 3 is 2.42 bits per heavy atom. The summed E-state index contributed by atoms with van der Waals surface area (Å²) in [7, 11) is 0. The molecule has 0 bridgehead atoms. The van der Waals surface area contributed by atoms with Gasteiger partial charge < -0.3 is 4.42 Å². The highest BCUT2D eigenvalue weighted by Crippen LogP contribution is 2.15. The van der Waals surface area contributed by atoms with Crippen molar-refractivity contribution in [3.8, 4) is 0 Å². The minimum atomic E-state index is -0.0194. The van der Waals surface area contributed by atoms with Crippen molar-refractivity contribution in [2.24, 2.45) is 0 Å². The number of carbonyl (C=O) groups is 1. The Kier molecular flexibility index (Phi) is 9.70. The molecule has 0 unspecified atom stereocenters. The second kappa shape index (κ2) is 12.4. The van der Waals surface area contributed by atoms with E-state index in [0.717, 1.165) is 12.8 Å². The van der Waals surface area contributed by atoms with Crippen LogP contribution in [0.3, 0.4) is 0 Å². The Morgan fingerprint density at radius 1 is 1.00 bits per heavy atom. The van der Waals surface area contributed by atoms with Gasteiger partial charge in [0, 0.05) is 12.6 Å². The molecule has 4 nitrogen and oxygen atoms in total. The molecule has 0 atom stereocenters. The van der Waals surface area contributed by atoms with Crippen molar-refractivity contribution in [1.29, 1.82) is 0 Å². The molecule has 0 amide bonds. The lowest BCUT2D eigenvalue weighted by Crippen LogP contribution is -1.99. The van der Waals surface area contributed by atoms with E-state index in [2.05, 4.69) is 29.0 Å². The lowest BCUT2D eigenvalue weighted by atomic mass is 10.1. The molecule has 2 rings (SSSR count). The van der Waals surface area contributed by atoms with Crippen molar-refractivity contribution in [3.05, 3.63) is 36.4 Å². The van der Waals surface area contributed by atoms with Crippen LogP contribution in [0.1, 0.15) is 94.7 Å². The summed E-state index contributed by atoms with van der Waals surface area (Å²) in [5, 5.41) is 0. The van der Waals surface area contributed by atoms with Gasteiger partial charge in [-0.25, -0.2) is 4.98 Å². The van der Waals surface area contributed by atoms with Crippen LogP contribution in [-0.4, -0.2) is 15.8 Å². The van der Waals surface area contributed by atoms with Crippen molar-refractivity contribution in [3.63, 3.8) is 0 Å². The molecule has 2 aromatic rings. The first-order valence-electron chi connectivity index (χ1n) is 10.2. The van der Waals surface area contributed by atoms with Gasteiger partial charge in [-0.05, 0) is 44.2 Å². The van der Waals surface area contributed by atoms with Gasteiger partial charge in [0.1, 0.15) is 0 Å². The molecule has 142 valence electrons. The standard InChI is InChI=1S/C22H32N2O2/c1-2-3-4-5-6-7-8-9-10-11-12-13-14-16-19(25)22-24-21-20(26-22)17-15-18-23-21/h7-8,15,17-18H,2-6,9-14,16H2,1H3. The average Bonchev–Trinajstić information content (AvgIpc) is 3.09. The summed E-state index contributed by atoms with van der Waals surface area (Å²) in [4.78, 5) is 20.4. The first-order chi connectivity index (χ1) is 12.8. The summed E-state index contributed by atoms with van der Waals surface area (Å²) in [6.45, 7) is 2.25. The summed E-state index contributed by atoms with van der Waals surface area (Å²) >= 11 is 0. The summed E-state index contributed by atoms with van der Waals surface area (Å²) in [5.41, 5.74) is 1.09. The van der Waals surface area contributed by atoms with Gasteiger partial charge in [0.2, 0.25) is 5.78 Å². The Morgan fingerprint density at radius 2 is 1.69 bits per heavy atom. The van der Waals surface area contributed by atoms with Crippen molar-refractivity contribution in [1.82, 2.24) is 9.97 Å². The van der Waals surface area contributed by atoms with Gasteiger partial charge in [0.05, 0.1) is 0 Å². The van der Waals surface area contributed by atoms with Crippen molar-refractivity contribution in [2.45, 2.75) is 84.0 Å². The zero-order valence-corrected chi connectivity index (χ0v) is 16.1. The van der Waals surface area contributed by atoms with E-state index in [-0.39, 0.29) is 11.7 Å². The number of Topliss-reactive ketones (excluding diaryl/α,β-unsaturated/α-hetero) is 1. The number of carbonyl (C=O) groups excluding carboxylic acids is 1. The van der Waals surface area contributed by atoms with Gasteiger partial charge in [-0.15, -0.1) is 0 Å². The van der Waals surface area contributed by atoms with Crippen LogP contribution >= 0.6 is 0 Å². The van der Waals surface area contributed by atoms with Crippen LogP contribution in [0.4, 0.5) is 0 Å². The fourth-order valence-corrected chi connectivity index (χ4v) is 3.00. The van der Waals surface area contributed by atoms with Crippen LogP contribution in [0.2, 0.25) is 0 Å². The molecule has 0 radical (unpaired) electrons. The van der Waals surface area contributed by atoms with E-state index in [1.54, 1.807) is 18.3 Å². The molecule has 0 aromatic carbocycles. The number of rotatable bonds is 14. The SMILES string of the molecule is CCCCCCC=CCCCCCCCC(=O)c1nc2ncccc2o1. The Labute approximate surface area is 157 Å². The topological polar surface area (TPSA) is 56.0 Å². The van der Waals surface area contributed by atoms with Crippen LogP contribution in [0, 0.1) is 0 Å². The summed E-state index contributed by atoms with van der Waals surface area (Å²) < 4.78 is 5.46. The maximum absolute atomic E-state index is 12.1. The number of hydrogen-bond acceptors (Lipinski definition) is 4. The number of pyridine rings is 1. The third kappa shape index (κ3) is 7.51. The van der Waals surface area contributed by atoms with E-state index in [1.807, 2.05) is 0 Å². The average molecular weight is 357 g/mol. The smallest absolute Gasteiger partial charge is 0.265 e. The van der Waals surface area contributed by atoms with Gasteiger partial charge in [-0.1, -0.05) is 57.6 Å². The molecule has 4 heteroatoms. The maximum Gasteiger partial charge on any atom is 0.265 e. The minimum Gasteiger partial charge on any atom is -0.432 e. The van der Waals surface area contributed by atoms with E-state index in [9.17, 15) is 4.79 Å². The highest BCUT2D eigenvalue weighted by atomic mass is 16.4. The number of allylic oxidation sites excluding steroid dienone is 2. The van der Waals surface area contributed by atoms with Crippen LogP contribution in [-0.2, 0) is 0 Å². The van der Waals surface area contributed by atoms with Gasteiger partial charge in [0.15, 0.2) is 11.2 Å². The van der Waals surface area contributed by atoms with E-state index in [1.165, 1.54) is 57.8 Å². The number of aromatic nitrogens is 2. The Hall–Kier alpha value is -1.97. The zero-order valence-electron chi connectivity index (χ0n) is 16.1. The number of nitrogens with zero attached hydrogens (tertiary/aromatic N) is 2. The number of hydrogen-bond donors (Lipinski definition) is 0. The lowest BCUT2D eigenvalue weighted by molar-refractivity contribution is 0.0947. The van der Waals surface area contributed by atoms with Gasteiger partial charge in [-0.2, -0.15) is 4.98 Å². The lowest BCUT2D eigenvalue weighted by Gasteiger charge is -1.99. The molecule has 26 heavy (non-hydrogen) atoms. The fourth-order valence-electron chi connectivity index (χ4n) is 3.00. The van der Waals surface area contributed by atoms with E-state index in [0.29, 0.717) is 17.7 Å². The van der Waals surface area contributed by atoms with E-state index >= 15 is 0 Å². The molecule has 2 aromatic heterocycles. The van der Waals surface area contributed by atoms with E-state index < -0.39 is 0 Å². The van der Waals surface area contributed by atoms with Crippen LogP contribution in [0.15, 0.2) is 34.9 Å². The van der Waals surface area contributed by atoms with Gasteiger partial charge >= 0.3 is 0 Å². The molecule has 0 aliphatic carbocycles. The van der Waals surface area contributed by atoms with E-state index in [4.69, 9.17) is 4.42 Å². The van der Waals surface area contributed by atoms with Crippen molar-refractivity contribution < 1.29 is 9.21 Å². The number of ketones is 1. The molecule has 0 saturated carbocycles. The summed E-state index contributed by atoms with van der Waals surface area (Å²) in [5.74, 6) is 0.178. The molecule has 0 saturated heterocycles. The number of fused-ring (bicyclic) bond motifs is 1. The largest absolute Gasteiger partial charge is 0.432 e. The molecular formula is C22H32N2O2. The maximum atomic E-state index is 12.1. The molecule has 0 N–H and O–H groups in total. The summed E-state index contributed by atoms with van der Waals surface area (Å²) in [6.07, 6.45) is 20.3. The number of unbranched alkanes of at least 4 members (excludes halogenated alkanes) is 9. The third-order valence-corrected chi connectivity index (χ3v) is 4.57. The molecule has 0 spiro atoms. The molecule has 2 heterocycles. The molecule has 0 aliphatic heterocycles. The molecule has 0 aliphatic rings. The van der Waals surface area contributed by atoms with Crippen molar-refractivity contribution in [2.75, 3.05) is 0 Å². The predicted molar refractivity (Wildman–Crippen MR) is 106 cm³/mol. The molecule has 0 fully saturated rings. The Balaban J connectivity index is 1.47. The fraction of sp³-hybridized carbons (Fsp3) is 0.591. The first-order valence-corrected chi connectivity index (χ1v) is 10.2. The van der Waals surface area contributed by atoms with Crippen LogP contribution in [0.25, 0.3) is 11.2 Å². The Bertz CT molecular complexity index is 643. The van der Waals surface area contributed by atoms with Gasteiger partial charge in [-0.3, -0.25) is 4.79 Å². The normalized spacial score (nSPS) is 11.6. The monoisotopic (exact) mass is 356 g/mol. The second-order valence-electron chi connectivity index (χ2n) is 6.89. The highest BCUT2D eigenvalue weighted by molar-refractivity contribution is 5.93. The van der Waals surface area contributed by atoms with Crippen LogP contribution < -0.4 is 0 Å². The van der Waals surface area contributed by atoms with Crippen LogP contribution in [0.5, 0.6) is 0 Å². The first kappa shape index (κ1) is 20.3. The third-order valence-electron chi connectivity index (χ3n) is 4.57.